The van der Waals surface area contributed by atoms with Gasteiger partial charge in [0, 0.05) is 30.5 Å². The molecule has 0 bridgehead atoms. The highest BCUT2D eigenvalue weighted by Gasteiger charge is 2.48. The maximum Gasteiger partial charge on any atom is 0.134 e. The van der Waals surface area contributed by atoms with Crippen LogP contribution in [0.2, 0.25) is 0 Å². The van der Waals surface area contributed by atoms with Crippen LogP contribution in [0, 0.1) is 0 Å². The maximum atomic E-state index is 6.36. The standard InChI is InChI=1S/C24H32N2O2S/c1-4-13-26-22(5-1)23(12-15-27-24(18-23)9-2-3-10-24)11-14-25-17-21-20(8-16-29-21)28-19-6-7-19/h1,4-5,8,13,16,19,25H,2-3,6-7,9-12,14-15,17-18H2. The highest BCUT2D eigenvalue weighted by atomic mass is 32.1. The van der Waals surface area contributed by atoms with Crippen molar-refractivity contribution in [1.82, 2.24) is 10.3 Å². The van der Waals surface area contributed by atoms with Gasteiger partial charge in [-0.15, -0.1) is 11.3 Å². The van der Waals surface area contributed by atoms with Crippen molar-refractivity contribution in [2.75, 3.05) is 13.2 Å². The van der Waals surface area contributed by atoms with Crippen LogP contribution >= 0.6 is 11.3 Å². The van der Waals surface area contributed by atoms with E-state index in [0.717, 1.165) is 44.7 Å². The number of hydrogen-bond donors (Lipinski definition) is 1. The Kier molecular flexibility index (Phi) is 5.63. The van der Waals surface area contributed by atoms with Crippen LogP contribution in [-0.4, -0.2) is 29.8 Å². The second-order valence-electron chi connectivity index (χ2n) is 9.11. The summed E-state index contributed by atoms with van der Waals surface area (Å²) in [5.41, 5.74) is 1.47. The molecule has 0 aromatic carbocycles. The van der Waals surface area contributed by atoms with Crippen LogP contribution in [-0.2, 0) is 16.7 Å². The summed E-state index contributed by atoms with van der Waals surface area (Å²) in [6, 6.07) is 8.52. The maximum absolute atomic E-state index is 6.36. The Morgan fingerprint density at radius 3 is 2.86 bits per heavy atom. The van der Waals surface area contributed by atoms with E-state index in [4.69, 9.17) is 14.5 Å². The van der Waals surface area contributed by atoms with E-state index in [9.17, 15) is 0 Å². The molecule has 2 aromatic rings. The predicted octanol–water partition coefficient (Wildman–Crippen LogP) is 5.23. The van der Waals surface area contributed by atoms with Crippen molar-refractivity contribution in [1.29, 1.82) is 0 Å². The van der Waals surface area contributed by atoms with Crippen LogP contribution in [0.5, 0.6) is 5.75 Å². The summed E-state index contributed by atoms with van der Waals surface area (Å²) in [5.74, 6) is 1.08. The van der Waals surface area contributed by atoms with Crippen LogP contribution < -0.4 is 10.1 Å². The van der Waals surface area contributed by atoms with Gasteiger partial charge in [-0.2, -0.15) is 0 Å². The first-order chi connectivity index (χ1) is 14.3. The van der Waals surface area contributed by atoms with Gasteiger partial charge in [-0.1, -0.05) is 18.9 Å². The minimum atomic E-state index is 0.0921. The summed E-state index contributed by atoms with van der Waals surface area (Å²) in [5, 5.41) is 5.85. The zero-order valence-electron chi connectivity index (χ0n) is 17.2. The zero-order valence-corrected chi connectivity index (χ0v) is 18.0. The van der Waals surface area contributed by atoms with Gasteiger partial charge in [0.25, 0.3) is 0 Å². The molecule has 3 aliphatic rings. The molecule has 156 valence electrons. The Morgan fingerprint density at radius 2 is 2.07 bits per heavy atom. The molecule has 1 unspecified atom stereocenters. The summed E-state index contributed by atoms with van der Waals surface area (Å²) in [7, 11) is 0. The quantitative estimate of drug-likeness (QED) is 0.603. The molecule has 2 aliphatic carbocycles. The third-order valence-electron chi connectivity index (χ3n) is 6.96. The lowest BCUT2D eigenvalue weighted by molar-refractivity contribution is -0.104. The fourth-order valence-electron chi connectivity index (χ4n) is 5.25. The summed E-state index contributed by atoms with van der Waals surface area (Å²) in [6.07, 6.45) is 13.2. The van der Waals surface area contributed by atoms with Gasteiger partial charge in [0.05, 0.1) is 16.6 Å². The molecule has 5 heteroatoms. The molecule has 1 saturated heterocycles. The van der Waals surface area contributed by atoms with Gasteiger partial charge in [0.1, 0.15) is 5.75 Å². The van der Waals surface area contributed by atoms with E-state index in [1.165, 1.54) is 49.1 Å². The number of nitrogens with zero attached hydrogens (tertiary/aromatic N) is 1. The largest absolute Gasteiger partial charge is 0.489 e. The van der Waals surface area contributed by atoms with Crippen molar-refractivity contribution in [3.63, 3.8) is 0 Å². The highest BCUT2D eigenvalue weighted by Crippen LogP contribution is 2.49. The van der Waals surface area contributed by atoms with Crippen molar-refractivity contribution in [2.24, 2.45) is 0 Å². The molecule has 1 spiro atoms. The fourth-order valence-corrected chi connectivity index (χ4v) is 6.03. The second-order valence-corrected chi connectivity index (χ2v) is 10.1. The van der Waals surface area contributed by atoms with E-state index in [2.05, 4.69) is 28.9 Å². The molecule has 1 aliphatic heterocycles. The van der Waals surface area contributed by atoms with E-state index >= 15 is 0 Å². The lowest BCUT2D eigenvalue weighted by atomic mass is 9.68. The first kappa shape index (κ1) is 19.5. The molecular weight excluding hydrogens is 380 g/mol. The van der Waals surface area contributed by atoms with Gasteiger partial charge in [0.15, 0.2) is 0 Å². The summed E-state index contributed by atoms with van der Waals surface area (Å²) >= 11 is 1.80. The lowest BCUT2D eigenvalue weighted by Crippen LogP contribution is -2.47. The van der Waals surface area contributed by atoms with Crippen LogP contribution in [0.25, 0.3) is 0 Å². The second kappa shape index (κ2) is 8.37. The van der Waals surface area contributed by atoms with E-state index < -0.39 is 0 Å². The zero-order chi connectivity index (χ0) is 19.6. The average Bonchev–Trinajstić information content (AvgIpc) is 3.29. The Labute approximate surface area is 178 Å². The monoisotopic (exact) mass is 412 g/mol. The number of ether oxygens (including phenoxy) is 2. The molecule has 1 N–H and O–H groups in total. The lowest BCUT2D eigenvalue weighted by Gasteiger charge is -2.46. The molecule has 2 aromatic heterocycles. The topological polar surface area (TPSA) is 43.4 Å². The molecule has 1 atom stereocenters. The first-order valence-electron chi connectivity index (χ1n) is 11.3. The number of rotatable bonds is 8. The van der Waals surface area contributed by atoms with Crippen LogP contribution in [0.4, 0.5) is 0 Å². The fraction of sp³-hybridized carbons (Fsp3) is 0.625. The van der Waals surface area contributed by atoms with E-state index in [0.29, 0.717) is 6.10 Å². The summed E-state index contributed by atoms with van der Waals surface area (Å²) < 4.78 is 12.4. The number of aromatic nitrogens is 1. The number of hydrogen-bond acceptors (Lipinski definition) is 5. The summed E-state index contributed by atoms with van der Waals surface area (Å²) in [6.45, 7) is 2.74. The Balaban J connectivity index is 1.25. The van der Waals surface area contributed by atoms with Crippen molar-refractivity contribution in [2.45, 2.75) is 81.5 Å². The van der Waals surface area contributed by atoms with Gasteiger partial charge < -0.3 is 14.8 Å². The third kappa shape index (κ3) is 4.37. The number of thiophene rings is 1. The SMILES string of the molecule is c1ccc(C2(CCNCc3sccc3OC3CC3)CCOC3(CCCC3)C2)nc1. The minimum Gasteiger partial charge on any atom is -0.489 e. The van der Waals surface area contributed by atoms with Crippen molar-refractivity contribution in [3.8, 4) is 5.75 Å². The molecule has 5 rings (SSSR count). The molecular formula is C24H32N2O2S. The van der Waals surface area contributed by atoms with E-state index in [1.807, 2.05) is 12.3 Å². The van der Waals surface area contributed by atoms with Crippen molar-refractivity contribution >= 4 is 11.3 Å². The molecule has 2 saturated carbocycles. The molecule has 3 heterocycles. The van der Waals surface area contributed by atoms with Crippen LogP contribution in [0.3, 0.4) is 0 Å². The molecule has 0 amide bonds. The van der Waals surface area contributed by atoms with E-state index in [1.54, 1.807) is 11.3 Å². The Morgan fingerprint density at radius 1 is 1.17 bits per heavy atom. The highest BCUT2D eigenvalue weighted by molar-refractivity contribution is 7.10. The van der Waals surface area contributed by atoms with Gasteiger partial charge in [0.2, 0.25) is 0 Å². The smallest absolute Gasteiger partial charge is 0.134 e. The minimum absolute atomic E-state index is 0.0921. The van der Waals surface area contributed by atoms with E-state index in [-0.39, 0.29) is 11.0 Å². The average molecular weight is 413 g/mol. The third-order valence-corrected chi connectivity index (χ3v) is 7.86. The van der Waals surface area contributed by atoms with Gasteiger partial charge in [-0.25, -0.2) is 0 Å². The molecule has 3 fully saturated rings. The van der Waals surface area contributed by atoms with Gasteiger partial charge in [-0.05, 0) is 75.1 Å². The van der Waals surface area contributed by atoms with Gasteiger partial charge in [-0.3, -0.25) is 4.98 Å². The van der Waals surface area contributed by atoms with Gasteiger partial charge >= 0.3 is 0 Å². The van der Waals surface area contributed by atoms with Crippen molar-refractivity contribution < 1.29 is 9.47 Å². The Bertz CT molecular complexity index is 798. The normalized spacial score (nSPS) is 26.1. The van der Waals surface area contributed by atoms with Crippen molar-refractivity contribution in [3.05, 3.63) is 46.4 Å². The Hall–Kier alpha value is -1.43. The number of nitrogens with one attached hydrogen (secondary N) is 1. The molecule has 0 radical (unpaired) electrons. The molecule has 29 heavy (non-hydrogen) atoms. The predicted molar refractivity (Wildman–Crippen MR) is 117 cm³/mol. The van der Waals surface area contributed by atoms with Crippen LogP contribution in [0.1, 0.15) is 68.4 Å². The number of pyridine rings is 1. The first-order valence-corrected chi connectivity index (χ1v) is 12.1. The molecule has 4 nitrogen and oxygen atoms in total. The summed E-state index contributed by atoms with van der Waals surface area (Å²) in [4.78, 5) is 6.13. The van der Waals surface area contributed by atoms with Crippen LogP contribution in [0.15, 0.2) is 35.8 Å².